The molecule has 1 aliphatic carbocycles. The molecule has 5 nitrogen and oxygen atoms in total. The van der Waals surface area contributed by atoms with Crippen molar-refractivity contribution in [3.63, 3.8) is 0 Å². The number of aliphatic hydroxyl groups excluding tert-OH is 2. The molecule has 144 valence electrons. The quantitative estimate of drug-likeness (QED) is 0.444. The van der Waals surface area contributed by atoms with E-state index in [1.54, 1.807) is 6.92 Å². The second-order valence-electron chi connectivity index (χ2n) is 7.84. The smallest absolute Gasteiger partial charge is 0.323 e. The number of carbonyl (C=O) groups is 1. The van der Waals surface area contributed by atoms with Gasteiger partial charge in [-0.1, -0.05) is 12.2 Å². The fraction of sp³-hybridized carbons (Fsp3) is 0.762. The first-order valence-electron chi connectivity index (χ1n) is 9.86. The number of carbonyl (C=O) groups excluding carboxylic acids is 1. The zero-order valence-corrected chi connectivity index (χ0v) is 15.8. The highest BCUT2D eigenvalue weighted by molar-refractivity contribution is 5.76. The summed E-state index contributed by atoms with van der Waals surface area (Å²) >= 11 is 0. The molecule has 0 aromatic heterocycles. The maximum Gasteiger partial charge on any atom is 0.323 e. The number of aliphatic hydroxyl groups is 2. The van der Waals surface area contributed by atoms with Crippen molar-refractivity contribution in [1.29, 1.82) is 0 Å². The van der Waals surface area contributed by atoms with E-state index in [4.69, 9.17) is 4.74 Å². The molecule has 5 heteroatoms. The van der Waals surface area contributed by atoms with Crippen LogP contribution in [-0.2, 0) is 9.53 Å². The summed E-state index contributed by atoms with van der Waals surface area (Å²) in [4.78, 5) is 14.6. The molecule has 0 amide bonds. The SMILES string of the molecule is CC#CCC[C@H](O)/C=C/[C@H]1[C@H](O)CC2[C@@H]1CC1CCCC(C(=O)OC)N12. The van der Waals surface area contributed by atoms with Crippen LogP contribution >= 0.6 is 0 Å². The lowest BCUT2D eigenvalue weighted by molar-refractivity contribution is -0.150. The van der Waals surface area contributed by atoms with Gasteiger partial charge in [-0.05, 0) is 51.4 Å². The Bertz CT molecular complexity index is 593. The molecule has 2 N–H and O–H groups in total. The van der Waals surface area contributed by atoms with Gasteiger partial charge in [0.05, 0.1) is 19.3 Å². The average molecular weight is 361 g/mol. The Labute approximate surface area is 156 Å². The standard InChI is InChI=1S/C21H31NO4/c1-3-4-5-8-15(23)10-11-16-17-12-14-7-6-9-18(21(25)26-2)22(14)19(17)13-20(16)24/h10-11,14-20,23-24H,5-9,12-13H2,1-2H3/b11-10+/t14?,15-,16+,17+,18?,19?,20+/m0/s1. The fourth-order valence-electron chi connectivity index (χ4n) is 5.28. The lowest BCUT2D eigenvalue weighted by atomic mass is 9.88. The van der Waals surface area contributed by atoms with Crippen LogP contribution in [0.2, 0.25) is 0 Å². The van der Waals surface area contributed by atoms with Gasteiger partial charge in [0, 0.05) is 24.4 Å². The summed E-state index contributed by atoms with van der Waals surface area (Å²) in [6, 6.07) is 0.482. The third kappa shape index (κ3) is 3.83. The van der Waals surface area contributed by atoms with Gasteiger partial charge in [-0.15, -0.1) is 11.8 Å². The molecule has 3 aliphatic rings. The molecule has 3 fully saturated rings. The fourth-order valence-corrected chi connectivity index (χ4v) is 5.28. The molecular formula is C21H31NO4. The molecule has 0 spiro atoms. The summed E-state index contributed by atoms with van der Waals surface area (Å²) in [5, 5.41) is 20.7. The predicted molar refractivity (Wildman–Crippen MR) is 99.1 cm³/mol. The normalized spacial score (nSPS) is 37.7. The molecule has 0 aromatic rings. The van der Waals surface area contributed by atoms with Gasteiger partial charge in [-0.2, -0.15) is 0 Å². The van der Waals surface area contributed by atoms with E-state index in [1.807, 2.05) is 12.2 Å². The number of esters is 1. The van der Waals surface area contributed by atoms with Crippen molar-refractivity contribution in [2.75, 3.05) is 7.11 Å². The maximum atomic E-state index is 12.2. The van der Waals surface area contributed by atoms with Crippen LogP contribution in [0.5, 0.6) is 0 Å². The third-order valence-corrected chi connectivity index (χ3v) is 6.41. The summed E-state index contributed by atoms with van der Waals surface area (Å²) in [5.41, 5.74) is 0. The molecule has 0 aromatic carbocycles. The third-order valence-electron chi connectivity index (χ3n) is 6.41. The minimum absolute atomic E-state index is 0.0517. The number of hydrogen-bond donors (Lipinski definition) is 2. The first-order valence-corrected chi connectivity index (χ1v) is 9.86. The van der Waals surface area contributed by atoms with Crippen LogP contribution in [0.15, 0.2) is 12.2 Å². The van der Waals surface area contributed by atoms with E-state index >= 15 is 0 Å². The van der Waals surface area contributed by atoms with Gasteiger partial charge in [-0.25, -0.2) is 0 Å². The molecule has 2 aliphatic heterocycles. The molecule has 1 saturated carbocycles. The first kappa shape index (κ1) is 19.4. The van der Waals surface area contributed by atoms with Crippen LogP contribution in [0.3, 0.4) is 0 Å². The molecule has 2 saturated heterocycles. The monoisotopic (exact) mass is 361 g/mol. The Hall–Kier alpha value is -1.35. The van der Waals surface area contributed by atoms with Gasteiger partial charge in [-0.3, -0.25) is 9.69 Å². The van der Waals surface area contributed by atoms with Crippen molar-refractivity contribution in [3.05, 3.63) is 12.2 Å². The Balaban J connectivity index is 1.68. The van der Waals surface area contributed by atoms with E-state index in [1.165, 1.54) is 7.11 Å². The average Bonchev–Trinajstić information content (AvgIpc) is 3.14. The molecule has 3 unspecified atom stereocenters. The number of piperidine rings is 1. The summed E-state index contributed by atoms with van der Waals surface area (Å²) in [6.45, 7) is 1.80. The second kappa shape index (κ2) is 8.56. The number of hydrogen-bond acceptors (Lipinski definition) is 5. The van der Waals surface area contributed by atoms with Crippen LogP contribution in [0, 0.1) is 23.7 Å². The van der Waals surface area contributed by atoms with Gasteiger partial charge in [0.15, 0.2) is 0 Å². The van der Waals surface area contributed by atoms with Crippen molar-refractivity contribution in [2.45, 2.75) is 82.2 Å². The summed E-state index contributed by atoms with van der Waals surface area (Å²) < 4.78 is 5.02. The largest absolute Gasteiger partial charge is 0.468 e. The predicted octanol–water partition coefficient (Wildman–Crippen LogP) is 1.87. The first-order chi connectivity index (χ1) is 12.6. The van der Waals surface area contributed by atoms with Crippen LogP contribution in [-0.4, -0.2) is 58.5 Å². The highest BCUT2D eigenvalue weighted by Crippen LogP contribution is 2.49. The molecular weight excluding hydrogens is 330 g/mol. The zero-order chi connectivity index (χ0) is 18.7. The van der Waals surface area contributed by atoms with E-state index in [0.29, 0.717) is 31.2 Å². The van der Waals surface area contributed by atoms with Gasteiger partial charge in [0.25, 0.3) is 0 Å². The lowest BCUT2D eigenvalue weighted by Crippen LogP contribution is -2.51. The zero-order valence-electron chi connectivity index (χ0n) is 15.8. The Kier molecular flexibility index (Phi) is 6.39. The van der Waals surface area contributed by atoms with E-state index in [9.17, 15) is 15.0 Å². The molecule has 26 heavy (non-hydrogen) atoms. The van der Waals surface area contributed by atoms with E-state index in [-0.39, 0.29) is 24.0 Å². The van der Waals surface area contributed by atoms with Crippen molar-refractivity contribution in [3.8, 4) is 11.8 Å². The van der Waals surface area contributed by atoms with Gasteiger partial charge < -0.3 is 14.9 Å². The molecule has 0 radical (unpaired) electrons. The molecule has 0 bridgehead atoms. The van der Waals surface area contributed by atoms with Crippen molar-refractivity contribution >= 4 is 5.97 Å². The Morgan fingerprint density at radius 3 is 2.92 bits per heavy atom. The summed E-state index contributed by atoms with van der Waals surface area (Å²) in [5.74, 6) is 6.06. The highest BCUT2D eigenvalue weighted by atomic mass is 16.5. The Morgan fingerprint density at radius 1 is 1.38 bits per heavy atom. The minimum atomic E-state index is -0.520. The second-order valence-corrected chi connectivity index (χ2v) is 7.84. The number of methoxy groups -OCH3 is 1. The summed E-state index contributed by atoms with van der Waals surface area (Å²) in [7, 11) is 1.46. The maximum absolute atomic E-state index is 12.2. The number of fused-ring (bicyclic) bond motifs is 3. The van der Waals surface area contributed by atoms with Gasteiger partial charge in [0.1, 0.15) is 6.04 Å². The number of nitrogens with zero attached hydrogens (tertiary/aromatic N) is 1. The van der Waals surface area contributed by atoms with Crippen LogP contribution in [0.4, 0.5) is 0 Å². The molecule has 7 atom stereocenters. The van der Waals surface area contributed by atoms with Crippen LogP contribution < -0.4 is 0 Å². The van der Waals surface area contributed by atoms with Crippen molar-refractivity contribution in [1.82, 2.24) is 4.90 Å². The van der Waals surface area contributed by atoms with Gasteiger partial charge >= 0.3 is 5.97 Å². The topological polar surface area (TPSA) is 70.0 Å². The van der Waals surface area contributed by atoms with Crippen molar-refractivity contribution in [2.24, 2.45) is 11.8 Å². The lowest BCUT2D eigenvalue weighted by Gasteiger charge is -2.39. The number of ether oxygens (including phenoxy) is 1. The minimum Gasteiger partial charge on any atom is -0.468 e. The highest BCUT2D eigenvalue weighted by Gasteiger charge is 2.55. The summed E-state index contributed by atoms with van der Waals surface area (Å²) in [6.07, 6.45) is 8.92. The van der Waals surface area contributed by atoms with E-state index in [2.05, 4.69) is 16.7 Å². The molecule has 2 heterocycles. The Morgan fingerprint density at radius 2 is 2.19 bits per heavy atom. The van der Waals surface area contributed by atoms with Gasteiger partial charge in [0.2, 0.25) is 0 Å². The number of rotatable bonds is 5. The van der Waals surface area contributed by atoms with Crippen molar-refractivity contribution < 1.29 is 19.7 Å². The van der Waals surface area contributed by atoms with E-state index < -0.39 is 12.2 Å². The van der Waals surface area contributed by atoms with Crippen LogP contribution in [0.25, 0.3) is 0 Å². The van der Waals surface area contributed by atoms with E-state index in [0.717, 1.165) is 25.7 Å². The van der Waals surface area contributed by atoms with Crippen LogP contribution in [0.1, 0.15) is 51.9 Å². The molecule has 3 rings (SSSR count).